The van der Waals surface area contributed by atoms with Gasteiger partial charge in [-0.05, 0) is 25.0 Å². The van der Waals surface area contributed by atoms with Crippen molar-refractivity contribution in [1.82, 2.24) is 9.80 Å². The van der Waals surface area contributed by atoms with Gasteiger partial charge in [-0.1, -0.05) is 12.4 Å². The minimum atomic E-state index is -3.09. The Kier molecular flexibility index (Phi) is 7.01. The molecule has 1 unspecified atom stereocenters. The Labute approximate surface area is 186 Å². The van der Waals surface area contributed by atoms with Crippen LogP contribution in [0.5, 0.6) is 11.5 Å². The van der Waals surface area contributed by atoms with E-state index in [1.807, 2.05) is 11.8 Å². The molecule has 3 rings (SSSR count). The van der Waals surface area contributed by atoms with Crippen molar-refractivity contribution in [3.8, 4) is 11.5 Å². The molecule has 0 spiro atoms. The highest BCUT2D eigenvalue weighted by Crippen LogP contribution is 2.39. The molecule has 0 aromatic heterocycles. The van der Waals surface area contributed by atoms with Crippen LogP contribution in [0.2, 0.25) is 6.32 Å². The number of aromatic carboxylic acids is 1. The maximum atomic E-state index is 11.9. The van der Waals surface area contributed by atoms with Crippen LogP contribution in [0, 0.1) is 0 Å². The molecular weight excluding hydrogens is 421 g/mol. The van der Waals surface area contributed by atoms with E-state index in [2.05, 4.69) is 0 Å². The van der Waals surface area contributed by atoms with Gasteiger partial charge in [0.15, 0.2) is 0 Å². The van der Waals surface area contributed by atoms with Crippen LogP contribution in [0.1, 0.15) is 22.8 Å². The van der Waals surface area contributed by atoms with Gasteiger partial charge in [-0.3, -0.25) is 9.69 Å². The number of carboxylic acids is 1. The summed E-state index contributed by atoms with van der Waals surface area (Å²) in [7, 11) is 3.31. The van der Waals surface area contributed by atoms with Gasteiger partial charge in [-0.2, -0.15) is 0 Å². The van der Waals surface area contributed by atoms with Gasteiger partial charge in [-0.15, -0.1) is 0 Å². The van der Waals surface area contributed by atoms with Crippen LogP contribution in [0.4, 0.5) is 0 Å². The standard InChI is InChI=1S/C20H31BN3O8/c1-20(22,12-30-10-16(25)23(2)3)11-24-8-14(9-24)31-15-5-4-13-6-7-21(28,29)32-18(13)17(15)19(26)27/h4-5,14,28-29H,6-12,22H2,1-3H3,(H,26,27)/q-1. The SMILES string of the molecule is CN(C)C(=O)COCC(C)(N)CN1CC(Oc2ccc3c(c2C(=O)O)O[B-](O)(O)CC3)C1. The van der Waals surface area contributed by atoms with Gasteiger partial charge in [0.1, 0.15) is 24.0 Å². The smallest absolute Gasteiger partial charge is 0.430 e. The summed E-state index contributed by atoms with van der Waals surface area (Å²) in [6, 6.07) is 3.26. The molecule has 1 aromatic rings. The van der Waals surface area contributed by atoms with E-state index >= 15 is 0 Å². The van der Waals surface area contributed by atoms with Crippen LogP contribution in [-0.4, -0.2) is 102 Å². The molecule has 178 valence electrons. The van der Waals surface area contributed by atoms with E-state index in [1.54, 1.807) is 26.2 Å². The minimum absolute atomic E-state index is 0.00865. The number of carbonyl (C=O) groups excluding carboxylic acids is 1. The molecule has 2 heterocycles. The highest BCUT2D eigenvalue weighted by molar-refractivity contribution is 6.59. The molecule has 2 aliphatic heterocycles. The fourth-order valence-electron chi connectivity index (χ4n) is 3.79. The largest absolute Gasteiger partial charge is 0.669 e. The second-order valence-electron chi connectivity index (χ2n) is 9.12. The molecule has 1 fully saturated rings. The Morgan fingerprint density at radius 3 is 2.66 bits per heavy atom. The van der Waals surface area contributed by atoms with Crippen molar-refractivity contribution in [3.63, 3.8) is 0 Å². The zero-order valence-corrected chi connectivity index (χ0v) is 18.6. The van der Waals surface area contributed by atoms with Crippen molar-refractivity contribution in [3.05, 3.63) is 23.3 Å². The van der Waals surface area contributed by atoms with Gasteiger partial charge in [0.25, 0.3) is 0 Å². The number of hydrogen-bond acceptors (Lipinski definition) is 9. The first-order valence-corrected chi connectivity index (χ1v) is 10.5. The highest BCUT2D eigenvalue weighted by Gasteiger charge is 2.36. The van der Waals surface area contributed by atoms with Gasteiger partial charge in [0, 0.05) is 39.3 Å². The van der Waals surface area contributed by atoms with Crippen LogP contribution >= 0.6 is 0 Å². The van der Waals surface area contributed by atoms with Crippen molar-refractivity contribution >= 4 is 18.6 Å². The summed E-state index contributed by atoms with van der Waals surface area (Å²) < 4.78 is 16.5. The lowest BCUT2D eigenvalue weighted by atomic mass is 9.70. The van der Waals surface area contributed by atoms with Crippen LogP contribution in [0.15, 0.2) is 12.1 Å². The average molecular weight is 452 g/mol. The number of amides is 1. The number of hydrogen-bond donors (Lipinski definition) is 4. The molecule has 0 bridgehead atoms. The molecule has 1 saturated heterocycles. The fraction of sp³-hybridized carbons (Fsp3) is 0.600. The first-order chi connectivity index (χ1) is 14.9. The maximum absolute atomic E-state index is 11.9. The van der Waals surface area contributed by atoms with E-state index in [1.165, 1.54) is 4.90 Å². The minimum Gasteiger partial charge on any atom is -0.669 e. The highest BCUT2D eigenvalue weighted by atomic mass is 16.6. The second kappa shape index (κ2) is 9.24. The van der Waals surface area contributed by atoms with Crippen molar-refractivity contribution in [2.45, 2.75) is 31.3 Å². The molecule has 0 aliphatic carbocycles. The van der Waals surface area contributed by atoms with E-state index in [0.29, 0.717) is 31.6 Å². The van der Waals surface area contributed by atoms with Crippen LogP contribution in [-0.2, 0) is 16.0 Å². The van der Waals surface area contributed by atoms with Gasteiger partial charge < -0.3 is 39.9 Å². The van der Waals surface area contributed by atoms with Crippen molar-refractivity contribution in [1.29, 1.82) is 0 Å². The number of rotatable bonds is 9. The predicted molar refractivity (Wildman–Crippen MR) is 116 cm³/mol. The molecular formula is C20H31BN3O8-. The molecule has 2 aliphatic rings. The molecule has 32 heavy (non-hydrogen) atoms. The van der Waals surface area contributed by atoms with Crippen LogP contribution < -0.4 is 15.1 Å². The number of ether oxygens (including phenoxy) is 2. The van der Waals surface area contributed by atoms with Crippen LogP contribution in [0.3, 0.4) is 0 Å². The van der Waals surface area contributed by atoms with Gasteiger partial charge in [-0.25, -0.2) is 4.79 Å². The topological polar surface area (TPSA) is 155 Å². The van der Waals surface area contributed by atoms with Gasteiger partial charge in [0.2, 0.25) is 5.91 Å². The zero-order chi connectivity index (χ0) is 23.7. The summed E-state index contributed by atoms with van der Waals surface area (Å²) in [6.45, 7) is 0.518. The zero-order valence-electron chi connectivity index (χ0n) is 18.6. The number of nitrogens with two attached hydrogens (primary N) is 1. The third-order valence-corrected chi connectivity index (χ3v) is 5.47. The monoisotopic (exact) mass is 452 g/mol. The Bertz CT molecular complexity index is 871. The summed E-state index contributed by atoms with van der Waals surface area (Å²) in [5.41, 5.74) is 6.00. The third-order valence-electron chi connectivity index (χ3n) is 5.47. The summed E-state index contributed by atoms with van der Waals surface area (Å²) >= 11 is 0. The lowest BCUT2D eigenvalue weighted by Gasteiger charge is -2.43. The molecule has 0 saturated carbocycles. The van der Waals surface area contributed by atoms with E-state index in [-0.39, 0.29) is 48.6 Å². The van der Waals surface area contributed by atoms with Crippen LogP contribution in [0.25, 0.3) is 0 Å². The number of benzene rings is 1. The Balaban J connectivity index is 1.55. The Morgan fingerprint density at radius 2 is 2.03 bits per heavy atom. The number of fused-ring (bicyclic) bond motifs is 1. The first kappa shape index (κ1) is 24.3. The molecule has 1 amide bonds. The summed E-state index contributed by atoms with van der Waals surface area (Å²) in [5.74, 6) is -1.33. The lowest BCUT2D eigenvalue weighted by molar-refractivity contribution is -0.134. The molecule has 12 heteroatoms. The quantitative estimate of drug-likeness (QED) is 0.348. The second-order valence-corrected chi connectivity index (χ2v) is 9.12. The first-order valence-electron chi connectivity index (χ1n) is 10.5. The predicted octanol–water partition coefficient (Wildman–Crippen LogP) is -0.872. The number of likely N-dealkylation sites (N-methyl/N-ethyl adjacent to an activating group) is 1. The van der Waals surface area contributed by atoms with Crippen molar-refractivity contribution < 1.29 is 38.9 Å². The van der Waals surface area contributed by atoms with Crippen molar-refractivity contribution in [2.75, 3.05) is 46.9 Å². The lowest BCUT2D eigenvalue weighted by Crippen LogP contribution is -2.61. The van der Waals surface area contributed by atoms with E-state index < -0.39 is 18.3 Å². The molecule has 11 nitrogen and oxygen atoms in total. The number of aryl methyl sites for hydroxylation is 1. The molecule has 0 radical (unpaired) electrons. The van der Waals surface area contributed by atoms with Gasteiger partial charge >= 0.3 is 12.7 Å². The average Bonchev–Trinajstić information content (AvgIpc) is 2.64. The fourth-order valence-corrected chi connectivity index (χ4v) is 3.79. The van der Waals surface area contributed by atoms with Gasteiger partial charge in [0.05, 0.1) is 12.4 Å². The molecule has 1 atom stereocenters. The maximum Gasteiger partial charge on any atom is 0.430 e. The number of carboxylic acid groups (broad SMARTS) is 1. The molecule has 1 aromatic carbocycles. The normalized spacial score (nSPS) is 19.8. The number of likely N-dealkylation sites (tertiary alicyclic amines) is 1. The van der Waals surface area contributed by atoms with E-state index in [9.17, 15) is 24.7 Å². The Hall–Kier alpha value is -2.38. The van der Waals surface area contributed by atoms with E-state index in [4.69, 9.17) is 19.9 Å². The number of nitrogens with zero attached hydrogens (tertiary/aromatic N) is 2. The summed E-state index contributed by atoms with van der Waals surface area (Å²) in [5, 5.41) is 29.3. The summed E-state index contributed by atoms with van der Waals surface area (Å²) in [6.07, 6.45) is 0.0619. The number of carbonyl (C=O) groups is 2. The van der Waals surface area contributed by atoms with Crippen molar-refractivity contribution in [2.24, 2.45) is 5.73 Å². The summed E-state index contributed by atoms with van der Waals surface area (Å²) in [4.78, 5) is 26.9. The third kappa shape index (κ3) is 5.90. The Morgan fingerprint density at radius 1 is 1.34 bits per heavy atom. The molecule has 5 N–H and O–H groups in total. The van der Waals surface area contributed by atoms with E-state index in [0.717, 1.165) is 0 Å².